The number of carbonyl (C=O) groups is 1. The first-order valence-corrected chi connectivity index (χ1v) is 9.51. The van der Waals surface area contributed by atoms with Gasteiger partial charge in [-0.25, -0.2) is 0 Å². The summed E-state index contributed by atoms with van der Waals surface area (Å²) in [5, 5.41) is 4.70. The van der Waals surface area contributed by atoms with Gasteiger partial charge in [-0.3, -0.25) is 9.69 Å². The summed E-state index contributed by atoms with van der Waals surface area (Å²) in [5.41, 5.74) is 5.89. The maximum Gasteiger partial charge on any atom is 0.252 e. The first-order chi connectivity index (χ1) is 12.7. The van der Waals surface area contributed by atoms with Gasteiger partial charge in [0.25, 0.3) is 5.91 Å². The van der Waals surface area contributed by atoms with Crippen LogP contribution in [0.3, 0.4) is 0 Å². The number of H-pyrrole nitrogens is 1. The Morgan fingerprint density at radius 2 is 1.89 bits per heavy atom. The monoisotopic (exact) mass is 401 g/mol. The van der Waals surface area contributed by atoms with Gasteiger partial charge >= 0.3 is 0 Å². The van der Waals surface area contributed by atoms with Gasteiger partial charge in [-0.2, -0.15) is 0 Å². The molecule has 2 N–H and O–H groups in total. The zero-order chi connectivity index (χ0) is 17.7. The predicted molar refractivity (Wildman–Crippen MR) is 112 cm³/mol. The molecule has 1 amide bonds. The molecule has 3 heterocycles. The van der Waals surface area contributed by atoms with Crippen molar-refractivity contribution in [2.24, 2.45) is 0 Å². The molecule has 0 aliphatic carbocycles. The van der Waals surface area contributed by atoms with E-state index >= 15 is 0 Å². The Morgan fingerprint density at radius 3 is 2.70 bits per heavy atom. The molecule has 2 aliphatic rings. The number of hydrogen-bond donors (Lipinski definition) is 2. The van der Waals surface area contributed by atoms with Crippen molar-refractivity contribution in [3.63, 3.8) is 0 Å². The number of carbonyl (C=O) groups excluding carboxylic acids is 1. The van der Waals surface area contributed by atoms with Crippen LogP contribution < -0.4 is 5.32 Å². The van der Waals surface area contributed by atoms with E-state index in [0.29, 0.717) is 17.1 Å². The summed E-state index contributed by atoms with van der Waals surface area (Å²) in [6.07, 6.45) is 2.61. The molecule has 1 saturated heterocycles. The SMILES string of the molecule is Cl.O=C1NCc2c(Cl)ccc(-c3cc4cc(CN5CCCC5)ccc4[nH]3)c21. The van der Waals surface area contributed by atoms with Crippen LogP contribution in [0.15, 0.2) is 36.4 Å². The van der Waals surface area contributed by atoms with Gasteiger partial charge in [0, 0.05) is 45.8 Å². The number of likely N-dealkylation sites (tertiary alicyclic amines) is 1. The van der Waals surface area contributed by atoms with Crippen LogP contribution in [0.4, 0.5) is 0 Å². The largest absolute Gasteiger partial charge is 0.355 e. The quantitative estimate of drug-likeness (QED) is 0.664. The minimum atomic E-state index is -0.0501. The topological polar surface area (TPSA) is 48.1 Å². The van der Waals surface area contributed by atoms with E-state index in [9.17, 15) is 4.79 Å². The number of benzene rings is 2. The minimum Gasteiger partial charge on any atom is -0.355 e. The Morgan fingerprint density at radius 1 is 1.07 bits per heavy atom. The Labute approximate surface area is 169 Å². The van der Waals surface area contributed by atoms with E-state index in [1.165, 1.54) is 36.9 Å². The molecule has 0 saturated carbocycles. The van der Waals surface area contributed by atoms with Crippen LogP contribution in [0, 0.1) is 0 Å². The van der Waals surface area contributed by atoms with Crippen LogP contribution >= 0.6 is 24.0 Å². The second-order valence-corrected chi connectivity index (χ2v) is 7.63. The third-order valence-electron chi connectivity index (χ3n) is 5.49. The average Bonchev–Trinajstić information content (AvgIpc) is 3.36. The third-order valence-corrected chi connectivity index (χ3v) is 5.84. The number of fused-ring (bicyclic) bond motifs is 2. The number of aromatic amines is 1. The maximum absolute atomic E-state index is 12.3. The number of rotatable bonds is 3. The molecule has 0 spiro atoms. The number of aromatic nitrogens is 1. The summed E-state index contributed by atoms with van der Waals surface area (Å²) in [4.78, 5) is 18.3. The van der Waals surface area contributed by atoms with Crippen LogP contribution in [0.1, 0.15) is 34.3 Å². The molecule has 1 fully saturated rings. The Bertz CT molecular complexity index is 1020. The van der Waals surface area contributed by atoms with Crippen molar-refractivity contribution in [2.45, 2.75) is 25.9 Å². The lowest BCUT2D eigenvalue weighted by atomic mass is 10.0. The highest BCUT2D eigenvalue weighted by Crippen LogP contribution is 2.34. The van der Waals surface area contributed by atoms with Crippen LogP contribution in [0.5, 0.6) is 0 Å². The molecule has 27 heavy (non-hydrogen) atoms. The van der Waals surface area contributed by atoms with Crippen molar-refractivity contribution in [1.29, 1.82) is 0 Å². The first kappa shape index (κ1) is 18.4. The van der Waals surface area contributed by atoms with E-state index in [0.717, 1.165) is 28.9 Å². The highest BCUT2D eigenvalue weighted by molar-refractivity contribution is 6.32. The lowest BCUT2D eigenvalue weighted by molar-refractivity contribution is 0.0966. The molecule has 0 radical (unpaired) electrons. The fourth-order valence-corrected chi connectivity index (χ4v) is 4.38. The van der Waals surface area contributed by atoms with Crippen LogP contribution in [0.25, 0.3) is 22.2 Å². The summed E-state index contributed by atoms with van der Waals surface area (Å²) < 4.78 is 0. The van der Waals surface area contributed by atoms with E-state index in [1.807, 2.05) is 12.1 Å². The fraction of sp³-hybridized carbons (Fsp3) is 0.286. The summed E-state index contributed by atoms with van der Waals surface area (Å²) >= 11 is 6.27. The lowest BCUT2D eigenvalue weighted by Gasteiger charge is -2.14. The molecule has 1 aromatic heterocycles. The van der Waals surface area contributed by atoms with Gasteiger partial charge in [-0.1, -0.05) is 23.7 Å². The minimum absolute atomic E-state index is 0. The average molecular weight is 402 g/mol. The first-order valence-electron chi connectivity index (χ1n) is 9.13. The van der Waals surface area contributed by atoms with Crippen LogP contribution in [-0.2, 0) is 13.1 Å². The summed E-state index contributed by atoms with van der Waals surface area (Å²) in [6.45, 7) is 3.90. The van der Waals surface area contributed by atoms with Crippen molar-refractivity contribution in [1.82, 2.24) is 15.2 Å². The van der Waals surface area contributed by atoms with Gasteiger partial charge in [0.1, 0.15) is 0 Å². The van der Waals surface area contributed by atoms with E-state index in [1.54, 1.807) is 0 Å². The van der Waals surface area contributed by atoms with E-state index < -0.39 is 0 Å². The van der Waals surface area contributed by atoms with Crippen LogP contribution in [0.2, 0.25) is 5.02 Å². The second-order valence-electron chi connectivity index (χ2n) is 7.22. The molecule has 3 aromatic rings. The van der Waals surface area contributed by atoms with Crippen molar-refractivity contribution in [3.05, 3.63) is 58.1 Å². The van der Waals surface area contributed by atoms with Crippen molar-refractivity contribution >= 4 is 40.8 Å². The molecule has 2 aromatic carbocycles. The number of halogens is 2. The maximum atomic E-state index is 12.3. The summed E-state index contributed by atoms with van der Waals surface area (Å²) in [7, 11) is 0. The molecule has 0 bridgehead atoms. The predicted octanol–water partition coefficient (Wildman–Crippen LogP) is 4.75. The van der Waals surface area contributed by atoms with Crippen molar-refractivity contribution in [3.8, 4) is 11.3 Å². The van der Waals surface area contributed by atoms with Crippen molar-refractivity contribution < 1.29 is 4.79 Å². The number of nitrogens with zero attached hydrogens (tertiary/aromatic N) is 1. The highest BCUT2D eigenvalue weighted by atomic mass is 35.5. The molecule has 0 unspecified atom stereocenters. The van der Waals surface area contributed by atoms with Gasteiger partial charge in [-0.05, 0) is 55.8 Å². The molecule has 4 nitrogen and oxygen atoms in total. The Kier molecular flexibility index (Phi) is 4.89. The van der Waals surface area contributed by atoms with E-state index in [4.69, 9.17) is 11.6 Å². The molecule has 5 rings (SSSR count). The van der Waals surface area contributed by atoms with Gasteiger partial charge < -0.3 is 10.3 Å². The Hall–Kier alpha value is -2.01. The van der Waals surface area contributed by atoms with Crippen molar-refractivity contribution in [2.75, 3.05) is 13.1 Å². The number of hydrogen-bond acceptors (Lipinski definition) is 2. The second kappa shape index (κ2) is 7.19. The Balaban J connectivity index is 0.00000180. The molecule has 2 aliphatic heterocycles. The van der Waals surface area contributed by atoms with Gasteiger partial charge in [0.2, 0.25) is 0 Å². The normalized spacial score (nSPS) is 16.4. The molecular formula is C21H21Cl2N3O. The molecule has 6 heteroatoms. The van der Waals surface area contributed by atoms with Gasteiger partial charge in [0.15, 0.2) is 0 Å². The molecule has 0 atom stereocenters. The summed E-state index contributed by atoms with van der Waals surface area (Å²) in [6, 6.07) is 12.5. The molecule has 140 valence electrons. The summed E-state index contributed by atoms with van der Waals surface area (Å²) in [5.74, 6) is -0.0501. The number of nitrogens with one attached hydrogen (secondary N) is 2. The zero-order valence-electron chi connectivity index (χ0n) is 14.8. The van der Waals surface area contributed by atoms with E-state index in [2.05, 4.69) is 39.5 Å². The van der Waals surface area contributed by atoms with Gasteiger partial charge in [-0.15, -0.1) is 12.4 Å². The standard InChI is InChI=1S/C21H20ClN3O.ClH/c22-17-5-4-15(20-16(17)11-23-21(20)26)19-10-14-9-13(3-6-18(14)24-19)12-25-7-1-2-8-25;/h3-6,9-10,24H,1-2,7-8,11-12H2,(H,23,26);1H. The lowest BCUT2D eigenvalue weighted by Crippen LogP contribution is -2.18. The molecular weight excluding hydrogens is 381 g/mol. The third kappa shape index (κ3) is 3.22. The fourth-order valence-electron chi connectivity index (χ4n) is 4.16. The van der Waals surface area contributed by atoms with E-state index in [-0.39, 0.29) is 18.3 Å². The smallest absolute Gasteiger partial charge is 0.252 e. The number of amides is 1. The van der Waals surface area contributed by atoms with Crippen LogP contribution in [-0.4, -0.2) is 28.9 Å². The van der Waals surface area contributed by atoms with Gasteiger partial charge in [0.05, 0.1) is 5.56 Å². The highest BCUT2D eigenvalue weighted by Gasteiger charge is 2.26. The zero-order valence-corrected chi connectivity index (χ0v) is 16.4.